The fraction of sp³-hybridized carbons (Fsp3) is 0.600. The van der Waals surface area contributed by atoms with Crippen molar-refractivity contribution in [1.29, 1.82) is 0 Å². The van der Waals surface area contributed by atoms with Gasteiger partial charge in [-0.3, -0.25) is 0 Å². The van der Waals surface area contributed by atoms with E-state index in [2.05, 4.69) is 19.1 Å². The third-order valence-electron chi connectivity index (χ3n) is 3.64. The highest BCUT2D eigenvalue weighted by atomic mass is 16.6. The largest absolute Gasteiger partial charge is 0.382 e. The van der Waals surface area contributed by atoms with Crippen LogP contribution in [0.5, 0.6) is 0 Å². The third kappa shape index (κ3) is 2.91. The lowest BCUT2D eigenvalue weighted by molar-refractivity contribution is -0.125. The van der Waals surface area contributed by atoms with Crippen LogP contribution in [0.2, 0.25) is 0 Å². The van der Waals surface area contributed by atoms with Crippen molar-refractivity contribution in [2.45, 2.75) is 38.1 Å². The normalized spacial score (nSPS) is 27.6. The zero-order chi connectivity index (χ0) is 12.8. The van der Waals surface area contributed by atoms with E-state index in [-0.39, 0.29) is 11.7 Å². The van der Waals surface area contributed by atoms with E-state index in [0.29, 0.717) is 13.2 Å². The molecule has 0 amide bonds. The van der Waals surface area contributed by atoms with Gasteiger partial charge in [-0.05, 0) is 18.4 Å². The molecule has 0 aliphatic carbocycles. The molecule has 18 heavy (non-hydrogen) atoms. The van der Waals surface area contributed by atoms with Crippen molar-refractivity contribution in [3.05, 3.63) is 35.9 Å². The van der Waals surface area contributed by atoms with Crippen molar-refractivity contribution >= 4 is 0 Å². The summed E-state index contributed by atoms with van der Waals surface area (Å²) in [5, 5.41) is 0. The van der Waals surface area contributed by atoms with E-state index in [1.54, 1.807) is 7.11 Å². The topological polar surface area (TPSA) is 27.7 Å². The van der Waals surface area contributed by atoms with Gasteiger partial charge in [-0.15, -0.1) is 0 Å². The Labute approximate surface area is 109 Å². The molecular weight excluding hydrogens is 228 g/mol. The van der Waals surface area contributed by atoms with E-state index in [1.165, 1.54) is 5.56 Å². The Bertz CT molecular complexity index is 352. The molecule has 2 rings (SSSR count). The maximum absolute atomic E-state index is 6.04. The van der Waals surface area contributed by atoms with Gasteiger partial charge in [0.1, 0.15) is 5.60 Å². The van der Waals surface area contributed by atoms with E-state index >= 15 is 0 Å². The molecule has 1 heterocycles. The zero-order valence-electron chi connectivity index (χ0n) is 11.2. The summed E-state index contributed by atoms with van der Waals surface area (Å²) < 4.78 is 17.2. The number of hydrogen-bond acceptors (Lipinski definition) is 3. The molecule has 1 aliphatic heterocycles. The Hall–Kier alpha value is -0.900. The Morgan fingerprint density at radius 1 is 1.33 bits per heavy atom. The first-order valence-electron chi connectivity index (χ1n) is 6.59. The van der Waals surface area contributed by atoms with Crippen molar-refractivity contribution in [1.82, 2.24) is 0 Å². The standard InChI is InChI=1S/C15H22O3/c1-3-15(12-16-2)14(9-10-18-15)17-11-13-7-5-4-6-8-13/h4-8,14H,3,9-12H2,1-2H3/t14-,15+/m0/s1. The van der Waals surface area contributed by atoms with Gasteiger partial charge in [0.05, 0.1) is 25.9 Å². The highest BCUT2D eigenvalue weighted by molar-refractivity contribution is 5.13. The van der Waals surface area contributed by atoms with Crippen LogP contribution in [-0.2, 0) is 20.8 Å². The van der Waals surface area contributed by atoms with Crippen LogP contribution in [0.4, 0.5) is 0 Å². The smallest absolute Gasteiger partial charge is 0.117 e. The fourth-order valence-corrected chi connectivity index (χ4v) is 2.54. The summed E-state index contributed by atoms with van der Waals surface area (Å²) in [6, 6.07) is 10.3. The molecule has 1 aromatic carbocycles. The van der Waals surface area contributed by atoms with Crippen LogP contribution in [0.25, 0.3) is 0 Å². The minimum Gasteiger partial charge on any atom is -0.382 e. The summed E-state index contributed by atoms with van der Waals surface area (Å²) in [6.07, 6.45) is 1.99. The molecule has 1 saturated heterocycles. The quantitative estimate of drug-likeness (QED) is 0.777. The van der Waals surface area contributed by atoms with Gasteiger partial charge in [-0.25, -0.2) is 0 Å². The molecular formula is C15H22O3. The van der Waals surface area contributed by atoms with Crippen LogP contribution >= 0.6 is 0 Å². The van der Waals surface area contributed by atoms with Crippen LogP contribution in [0.3, 0.4) is 0 Å². The molecule has 0 bridgehead atoms. The first-order chi connectivity index (χ1) is 8.80. The SMILES string of the molecule is CC[C@]1(COC)OCC[C@@H]1OCc1ccccc1. The van der Waals surface area contributed by atoms with Crippen molar-refractivity contribution in [3.63, 3.8) is 0 Å². The average Bonchev–Trinajstić information content (AvgIpc) is 2.81. The van der Waals surface area contributed by atoms with E-state index in [0.717, 1.165) is 19.4 Å². The predicted molar refractivity (Wildman–Crippen MR) is 70.5 cm³/mol. The molecule has 1 aromatic rings. The molecule has 0 radical (unpaired) electrons. The molecule has 0 spiro atoms. The van der Waals surface area contributed by atoms with E-state index in [1.807, 2.05) is 18.2 Å². The van der Waals surface area contributed by atoms with Gasteiger partial charge in [0.2, 0.25) is 0 Å². The minimum atomic E-state index is -0.260. The lowest BCUT2D eigenvalue weighted by Gasteiger charge is -2.32. The molecule has 0 N–H and O–H groups in total. The second-order valence-corrected chi connectivity index (χ2v) is 4.77. The molecule has 0 unspecified atom stereocenters. The van der Waals surface area contributed by atoms with Crippen molar-refractivity contribution in [2.75, 3.05) is 20.3 Å². The molecule has 3 heteroatoms. The lowest BCUT2D eigenvalue weighted by atomic mass is 9.94. The summed E-state index contributed by atoms with van der Waals surface area (Å²) in [6.45, 7) is 4.13. The van der Waals surface area contributed by atoms with Crippen LogP contribution in [0.1, 0.15) is 25.3 Å². The minimum absolute atomic E-state index is 0.127. The molecule has 3 nitrogen and oxygen atoms in total. The van der Waals surface area contributed by atoms with Gasteiger partial charge in [0.15, 0.2) is 0 Å². The second kappa shape index (κ2) is 6.32. The third-order valence-corrected chi connectivity index (χ3v) is 3.64. The number of ether oxygens (including phenoxy) is 3. The summed E-state index contributed by atoms with van der Waals surface area (Å²) in [5.41, 5.74) is 0.940. The van der Waals surface area contributed by atoms with Gasteiger partial charge in [0.25, 0.3) is 0 Å². The number of benzene rings is 1. The number of methoxy groups -OCH3 is 1. The van der Waals surface area contributed by atoms with Gasteiger partial charge in [0, 0.05) is 7.11 Å². The Balaban J connectivity index is 1.95. The molecule has 2 atom stereocenters. The summed E-state index contributed by atoms with van der Waals surface area (Å²) >= 11 is 0. The average molecular weight is 250 g/mol. The van der Waals surface area contributed by atoms with Gasteiger partial charge < -0.3 is 14.2 Å². The van der Waals surface area contributed by atoms with E-state index in [9.17, 15) is 0 Å². The van der Waals surface area contributed by atoms with Crippen molar-refractivity contribution in [3.8, 4) is 0 Å². The molecule has 100 valence electrons. The Morgan fingerprint density at radius 2 is 2.11 bits per heavy atom. The molecule has 1 fully saturated rings. The molecule has 0 aromatic heterocycles. The van der Waals surface area contributed by atoms with Gasteiger partial charge in [-0.2, -0.15) is 0 Å². The van der Waals surface area contributed by atoms with Crippen LogP contribution in [-0.4, -0.2) is 32.0 Å². The monoisotopic (exact) mass is 250 g/mol. The maximum atomic E-state index is 6.04. The zero-order valence-corrected chi connectivity index (χ0v) is 11.2. The fourth-order valence-electron chi connectivity index (χ4n) is 2.54. The Morgan fingerprint density at radius 3 is 2.78 bits per heavy atom. The van der Waals surface area contributed by atoms with Gasteiger partial charge in [-0.1, -0.05) is 37.3 Å². The van der Waals surface area contributed by atoms with Crippen molar-refractivity contribution < 1.29 is 14.2 Å². The van der Waals surface area contributed by atoms with E-state index < -0.39 is 0 Å². The highest BCUT2D eigenvalue weighted by Gasteiger charge is 2.43. The predicted octanol–water partition coefficient (Wildman–Crippen LogP) is 2.79. The lowest BCUT2D eigenvalue weighted by Crippen LogP contribution is -2.44. The maximum Gasteiger partial charge on any atom is 0.117 e. The number of rotatable bonds is 6. The summed E-state index contributed by atoms with van der Waals surface area (Å²) in [5.74, 6) is 0. The van der Waals surface area contributed by atoms with Crippen LogP contribution in [0, 0.1) is 0 Å². The van der Waals surface area contributed by atoms with Crippen LogP contribution < -0.4 is 0 Å². The summed E-state index contributed by atoms with van der Waals surface area (Å²) in [4.78, 5) is 0. The van der Waals surface area contributed by atoms with Crippen molar-refractivity contribution in [2.24, 2.45) is 0 Å². The summed E-state index contributed by atoms with van der Waals surface area (Å²) in [7, 11) is 1.72. The number of hydrogen-bond donors (Lipinski definition) is 0. The molecule has 0 saturated carbocycles. The molecule has 1 aliphatic rings. The first kappa shape index (κ1) is 13.5. The van der Waals surface area contributed by atoms with Crippen LogP contribution in [0.15, 0.2) is 30.3 Å². The van der Waals surface area contributed by atoms with Gasteiger partial charge >= 0.3 is 0 Å². The second-order valence-electron chi connectivity index (χ2n) is 4.77. The first-order valence-corrected chi connectivity index (χ1v) is 6.59. The highest BCUT2D eigenvalue weighted by Crippen LogP contribution is 2.32. The van der Waals surface area contributed by atoms with E-state index in [4.69, 9.17) is 14.2 Å². The Kier molecular flexibility index (Phi) is 4.75.